The van der Waals surface area contributed by atoms with E-state index in [0.717, 1.165) is 36.3 Å². The van der Waals surface area contributed by atoms with Gasteiger partial charge in [-0.25, -0.2) is 4.79 Å². The lowest BCUT2D eigenvalue weighted by Crippen LogP contribution is -2.47. The number of carbonyl (C=O) groups excluding carboxylic acids is 2. The van der Waals surface area contributed by atoms with Crippen LogP contribution in [-0.4, -0.2) is 42.6 Å². The Morgan fingerprint density at radius 2 is 1.94 bits per heavy atom. The maximum atomic E-state index is 12.7. The minimum Gasteiger partial charge on any atom is -0.494 e. The number of ether oxygens (including phenoxy) is 1. The Hall–Kier alpha value is -3.02. The first-order chi connectivity index (χ1) is 15.0. The molecule has 0 spiro atoms. The predicted octanol–water partition coefficient (Wildman–Crippen LogP) is 4.31. The Morgan fingerprint density at radius 1 is 1.16 bits per heavy atom. The third-order valence-electron chi connectivity index (χ3n) is 5.43. The van der Waals surface area contributed by atoms with Crippen LogP contribution in [-0.2, 0) is 6.54 Å². The number of benzene rings is 2. The average Bonchev–Trinajstić information content (AvgIpc) is 2.78. The van der Waals surface area contributed by atoms with Gasteiger partial charge in [-0.1, -0.05) is 24.3 Å². The fraction of sp³-hybridized carbons (Fsp3) is 0.440. The molecule has 1 aliphatic heterocycles. The van der Waals surface area contributed by atoms with Crippen LogP contribution in [0.1, 0.15) is 61.0 Å². The van der Waals surface area contributed by atoms with Crippen LogP contribution in [0.5, 0.6) is 5.75 Å². The molecule has 1 aliphatic rings. The molecule has 1 saturated heterocycles. The number of rotatable bonds is 7. The smallest absolute Gasteiger partial charge is 0.317 e. The quantitative estimate of drug-likeness (QED) is 0.697. The van der Waals surface area contributed by atoms with Gasteiger partial charge in [0.2, 0.25) is 0 Å². The molecular weight excluding hydrogens is 390 g/mol. The summed E-state index contributed by atoms with van der Waals surface area (Å²) in [5.41, 5.74) is 2.77. The fourth-order valence-corrected chi connectivity index (χ4v) is 3.86. The summed E-state index contributed by atoms with van der Waals surface area (Å²) >= 11 is 0. The molecule has 1 atom stereocenters. The summed E-state index contributed by atoms with van der Waals surface area (Å²) in [6.45, 7) is 8.43. The van der Waals surface area contributed by atoms with E-state index < -0.39 is 0 Å². The molecule has 3 rings (SSSR count). The van der Waals surface area contributed by atoms with Crippen LogP contribution in [0.3, 0.4) is 0 Å². The zero-order valence-corrected chi connectivity index (χ0v) is 18.7. The molecule has 2 N–H and O–H groups in total. The van der Waals surface area contributed by atoms with Crippen molar-refractivity contribution >= 4 is 11.9 Å². The second-order valence-electron chi connectivity index (χ2n) is 8.27. The van der Waals surface area contributed by atoms with Crippen molar-refractivity contribution in [3.8, 4) is 5.75 Å². The van der Waals surface area contributed by atoms with Crippen LogP contribution >= 0.6 is 0 Å². The highest BCUT2D eigenvalue weighted by Gasteiger charge is 2.25. The summed E-state index contributed by atoms with van der Waals surface area (Å²) in [4.78, 5) is 27.0. The van der Waals surface area contributed by atoms with Gasteiger partial charge < -0.3 is 20.3 Å². The molecular formula is C25H33N3O3. The van der Waals surface area contributed by atoms with Gasteiger partial charge in [-0.15, -0.1) is 0 Å². The SMILES string of the molecule is CCOc1ccc(CNC(=O)c2cccc(C3CCCN(C(=O)NC(C)C)C3)c2)cc1. The third-order valence-corrected chi connectivity index (χ3v) is 5.43. The summed E-state index contributed by atoms with van der Waals surface area (Å²) in [6.07, 6.45) is 1.98. The van der Waals surface area contributed by atoms with Crippen molar-refractivity contribution in [2.24, 2.45) is 0 Å². The first-order valence-electron chi connectivity index (χ1n) is 11.1. The number of hydrogen-bond donors (Lipinski definition) is 2. The summed E-state index contributed by atoms with van der Waals surface area (Å²) < 4.78 is 5.45. The van der Waals surface area contributed by atoms with E-state index in [2.05, 4.69) is 16.7 Å². The van der Waals surface area contributed by atoms with E-state index in [4.69, 9.17) is 4.74 Å². The second kappa shape index (κ2) is 10.8. The molecule has 6 heteroatoms. The average molecular weight is 424 g/mol. The van der Waals surface area contributed by atoms with E-state index in [1.54, 1.807) is 0 Å². The van der Waals surface area contributed by atoms with Crippen LogP contribution in [0.2, 0.25) is 0 Å². The number of likely N-dealkylation sites (tertiary alicyclic amines) is 1. The number of piperidine rings is 1. The minimum atomic E-state index is -0.0963. The van der Waals surface area contributed by atoms with Crippen molar-refractivity contribution in [2.75, 3.05) is 19.7 Å². The highest BCUT2D eigenvalue weighted by molar-refractivity contribution is 5.94. The number of hydrogen-bond acceptors (Lipinski definition) is 3. The van der Waals surface area contributed by atoms with E-state index in [1.165, 1.54) is 0 Å². The zero-order chi connectivity index (χ0) is 22.2. The van der Waals surface area contributed by atoms with Gasteiger partial charge in [0.25, 0.3) is 5.91 Å². The van der Waals surface area contributed by atoms with Crippen molar-refractivity contribution in [3.05, 3.63) is 65.2 Å². The lowest BCUT2D eigenvalue weighted by molar-refractivity contribution is 0.0950. The predicted molar refractivity (Wildman–Crippen MR) is 122 cm³/mol. The molecule has 6 nitrogen and oxygen atoms in total. The highest BCUT2D eigenvalue weighted by Crippen LogP contribution is 2.27. The van der Waals surface area contributed by atoms with Crippen LogP contribution < -0.4 is 15.4 Å². The third kappa shape index (κ3) is 6.48. The number of nitrogens with one attached hydrogen (secondary N) is 2. The first-order valence-corrected chi connectivity index (χ1v) is 11.1. The van der Waals surface area contributed by atoms with E-state index >= 15 is 0 Å². The van der Waals surface area contributed by atoms with E-state index in [0.29, 0.717) is 25.3 Å². The van der Waals surface area contributed by atoms with Crippen LogP contribution in [0, 0.1) is 0 Å². The summed E-state index contributed by atoms with van der Waals surface area (Å²) in [5.74, 6) is 0.973. The first kappa shape index (κ1) is 22.7. The largest absolute Gasteiger partial charge is 0.494 e. The fourth-order valence-electron chi connectivity index (χ4n) is 3.86. The second-order valence-corrected chi connectivity index (χ2v) is 8.27. The molecule has 1 heterocycles. The molecule has 0 aromatic heterocycles. The highest BCUT2D eigenvalue weighted by atomic mass is 16.5. The van der Waals surface area contributed by atoms with Crippen molar-refractivity contribution in [1.29, 1.82) is 0 Å². The van der Waals surface area contributed by atoms with E-state index in [-0.39, 0.29) is 23.9 Å². The Morgan fingerprint density at radius 3 is 2.65 bits per heavy atom. The molecule has 31 heavy (non-hydrogen) atoms. The topological polar surface area (TPSA) is 70.7 Å². The van der Waals surface area contributed by atoms with Gasteiger partial charge in [-0.05, 0) is 69.0 Å². The molecule has 166 valence electrons. The maximum absolute atomic E-state index is 12.7. The van der Waals surface area contributed by atoms with Crippen LogP contribution in [0.15, 0.2) is 48.5 Å². The lowest BCUT2D eigenvalue weighted by atomic mass is 9.89. The Balaban J connectivity index is 1.60. The van der Waals surface area contributed by atoms with Gasteiger partial charge in [0.1, 0.15) is 5.75 Å². The van der Waals surface area contributed by atoms with Gasteiger partial charge in [0.05, 0.1) is 6.61 Å². The standard InChI is InChI=1S/C25H33N3O3/c1-4-31-23-12-10-19(11-13-23)16-26-24(29)21-8-5-7-20(15-21)22-9-6-14-28(17-22)25(30)27-18(2)3/h5,7-8,10-13,15,18,22H,4,6,9,14,16-17H2,1-3H3,(H,26,29)(H,27,30). The number of amides is 3. The van der Waals surface area contributed by atoms with Gasteiger partial charge in [-0.3, -0.25) is 4.79 Å². The Bertz CT molecular complexity index is 880. The lowest BCUT2D eigenvalue weighted by Gasteiger charge is -2.33. The van der Waals surface area contributed by atoms with Crippen molar-refractivity contribution in [1.82, 2.24) is 15.5 Å². The summed E-state index contributed by atoms with van der Waals surface area (Å²) in [5, 5.41) is 5.96. The van der Waals surface area contributed by atoms with Crippen LogP contribution in [0.4, 0.5) is 4.79 Å². The van der Waals surface area contributed by atoms with Crippen LogP contribution in [0.25, 0.3) is 0 Å². The van der Waals surface area contributed by atoms with Gasteiger partial charge in [0, 0.05) is 37.2 Å². The Kier molecular flexibility index (Phi) is 7.93. The molecule has 0 saturated carbocycles. The van der Waals surface area contributed by atoms with E-state index in [9.17, 15) is 9.59 Å². The molecule has 2 aromatic carbocycles. The summed E-state index contributed by atoms with van der Waals surface area (Å²) in [6, 6.07) is 15.6. The zero-order valence-electron chi connectivity index (χ0n) is 18.7. The molecule has 1 unspecified atom stereocenters. The molecule has 1 fully saturated rings. The van der Waals surface area contributed by atoms with Crippen molar-refractivity contribution in [3.63, 3.8) is 0 Å². The van der Waals surface area contributed by atoms with E-state index in [1.807, 2.05) is 68.1 Å². The van der Waals surface area contributed by atoms with Gasteiger partial charge in [-0.2, -0.15) is 0 Å². The molecule has 0 bridgehead atoms. The van der Waals surface area contributed by atoms with Gasteiger partial charge in [0.15, 0.2) is 0 Å². The molecule has 0 radical (unpaired) electrons. The number of carbonyl (C=O) groups is 2. The Labute approximate surface area is 185 Å². The van der Waals surface area contributed by atoms with Crippen molar-refractivity contribution in [2.45, 2.75) is 52.1 Å². The monoisotopic (exact) mass is 423 g/mol. The molecule has 3 amide bonds. The normalized spacial score (nSPS) is 16.1. The number of urea groups is 1. The number of nitrogens with zero attached hydrogens (tertiary/aromatic N) is 1. The molecule has 2 aromatic rings. The summed E-state index contributed by atoms with van der Waals surface area (Å²) in [7, 11) is 0. The maximum Gasteiger partial charge on any atom is 0.317 e. The van der Waals surface area contributed by atoms with Crippen molar-refractivity contribution < 1.29 is 14.3 Å². The molecule has 0 aliphatic carbocycles. The van der Waals surface area contributed by atoms with Gasteiger partial charge >= 0.3 is 6.03 Å². The minimum absolute atomic E-state index is 0.0102.